The molecule has 272 valence electrons. The number of benzene rings is 3. The molecule has 1 unspecified atom stereocenters. The predicted molar refractivity (Wildman–Crippen MR) is 198 cm³/mol. The molecule has 5 heterocycles. The van der Waals surface area contributed by atoms with Crippen LogP contribution in [0.15, 0.2) is 91.3 Å². The van der Waals surface area contributed by atoms with Gasteiger partial charge in [-0.05, 0) is 59.9 Å². The van der Waals surface area contributed by atoms with Crippen molar-refractivity contribution in [3.63, 3.8) is 0 Å². The second-order valence-electron chi connectivity index (χ2n) is 14.2. The molecular formula is C41H43N7O5. The first kappa shape index (κ1) is 34.3. The van der Waals surface area contributed by atoms with E-state index in [1.54, 1.807) is 23.2 Å². The van der Waals surface area contributed by atoms with Gasteiger partial charge in [-0.25, -0.2) is 14.8 Å². The molecule has 3 aliphatic rings. The molecular weight excluding hydrogens is 670 g/mol. The molecule has 3 aliphatic heterocycles. The second kappa shape index (κ2) is 14.7. The van der Waals surface area contributed by atoms with Crippen molar-refractivity contribution in [1.82, 2.24) is 34.6 Å². The molecule has 3 aromatic carbocycles. The fraction of sp³-hybridized carbons (Fsp3) is 0.341. The maximum absolute atomic E-state index is 13.9. The summed E-state index contributed by atoms with van der Waals surface area (Å²) in [6, 6.07) is 24.4. The van der Waals surface area contributed by atoms with Crippen LogP contribution in [0.5, 0.6) is 0 Å². The van der Waals surface area contributed by atoms with Crippen LogP contribution in [0.25, 0.3) is 33.6 Å². The van der Waals surface area contributed by atoms with Crippen molar-refractivity contribution in [2.45, 2.75) is 50.2 Å². The quantitative estimate of drug-likeness (QED) is 0.151. The maximum Gasteiger partial charge on any atom is 0.407 e. The number of likely N-dealkylation sites (N-methyl/N-ethyl adjacent to an activating group) is 1. The van der Waals surface area contributed by atoms with E-state index < -0.39 is 12.1 Å². The second-order valence-corrected chi connectivity index (χ2v) is 14.2. The van der Waals surface area contributed by atoms with Crippen molar-refractivity contribution in [2.24, 2.45) is 5.92 Å². The van der Waals surface area contributed by atoms with Crippen molar-refractivity contribution < 1.29 is 24.2 Å². The third-order valence-corrected chi connectivity index (χ3v) is 10.9. The summed E-state index contributed by atoms with van der Waals surface area (Å²) in [5.74, 6) is 1.40. The fourth-order valence-electron chi connectivity index (χ4n) is 8.02. The van der Waals surface area contributed by atoms with Gasteiger partial charge in [0.1, 0.15) is 17.7 Å². The smallest absolute Gasteiger partial charge is 0.407 e. The predicted octanol–water partition coefficient (Wildman–Crippen LogP) is 6.85. The van der Waals surface area contributed by atoms with E-state index >= 15 is 0 Å². The average Bonchev–Trinajstić information content (AvgIpc) is 4.05. The third-order valence-electron chi connectivity index (χ3n) is 10.9. The standard InChI is InChI=1S/C41H43N7O5/c1-46(41(51)52)36(30-7-3-2-4-8-30)40(50)48-21-6-10-35(48)38-43-24-33(45-38)29-17-13-27(14-18-29)26-11-15-28(16-12-26)32-23-42-37(44-32)34-9-5-20-47(34)39(49)31-19-22-53-25-31/h2-4,7-8,11-18,23-24,31,34-36H,5-6,9-10,19-22,25H2,1H3,(H,42,44)(H,43,45)(H,51,52)/t31?,34-,35-,36+/m0/s1. The van der Waals surface area contributed by atoms with Crippen LogP contribution >= 0.6 is 0 Å². The summed E-state index contributed by atoms with van der Waals surface area (Å²) in [5, 5.41) is 9.77. The summed E-state index contributed by atoms with van der Waals surface area (Å²) in [6.07, 6.45) is 6.69. The number of ether oxygens (including phenoxy) is 1. The van der Waals surface area contributed by atoms with Gasteiger partial charge in [-0.15, -0.1) is 0 Å². The lowest BCUT2D eigenvalue weighted by Gasteiger charge is -2.32. The molecule has 3 N–H and O–H groups in total. The van der Waals surface area contributed by atoms with E-state index in [1.165, 1.54) is 7.05 Å². The van der Waals surface area contributed by atoms with E-state index in [4.69, 9.17) is 9.72 Å². The molecule has 3 fully saturated rings. The number of carbonyl (C=O) groups is 3. The number of aromatic nitrogens is 4. The number of H-pyrrole nitrogens is 2. The van der Waals surface area contributed by atoms with Gasteiger partial charge in [0, 0.05) is 26.7 Å². The highest BCUT2D eigenvalue weighted by Crippen LogP contribution is 2.37. The summed E-state index contributed by atoms with van der Waals surface area (Å²) in [5.41, 5.74) is 6.55. The minimum atomic E-state index is -1.16. The van der Waals surface area contributed by atoms with Gasteiger partial charge in [0.05, 0.1) is 48.4 Å². The van der Waals surface area contributed by atoms with Crippen LogP contribution in [0.3, 0.4) is 0 Å². The Morgan fingerprint density at radius 2 is 1.28 bits per heavy atom. The number of carboxylic acid groups (broad SMARTS) is 1. The molecule has 0 saturated carbocycles. The molecule has 8 rings (SSSR count). The molecule has 12 heteroatoms. The zero-order chi connectivity index (χ0) is 36.5. The molecule has 0 radical (unpaired) electrons. The van der Waals surface area contributed by atoms with Gasteiger partial charge in [-0.1, -0.05) is 78.9 Å². The van der Waals surface area contributed by atoms with Crippen molar-refractivity contribution in [3.8, 4) is 33.6 Å². The number of likely N-dealkylation sites (tertiary alicyclic amines) is 2. The van der Waals surface area contributed by atoms with E-state index in [1.807, 2.05) is 29.3 Å². The Hall–Kier alpha value is -5.75. The van der Waals surface area contributed by atoms with Crippen LogP contribution in [0, 0.1) is 5.92 Å². The zero-order valence-electron chi connectivity index (χ0n) is 29.6. The maximum atomic E-state index is 13.9. The number of aromatic amines is 2. The number of hydrogen-bond donors (Lipinski definition) is 3. The highest BCUT2D eigenvalue weighted by atomic mass is 16.5. The first-order valence-corrected chi connectivity index (χ1v) is 18.4. The lowest BCUT2D eigenvalue weighted by molar-refractivity contribution is -0.137. The summed E-state index contributed by atoms with van der Waals surface area (Å²) >= 11 is 0. The Morgan fingerprint density at radius 3 is 1.81 bits per heavy atom. The summed E-state index contributed by atoms with van der Waals surface area (Å²) < 4.78 is 5.46. The number of imidazole rings is 2. The van der Waals surface area contributed by atoms with E-state index in [-0.39, 0.29) is 29.8 Å². The third kappa shape index (κ3) is 6.82. The molecule has 0 spiro atoms. The van der Waals surface area contributed by atoms with Gasteiger partial charge in [-0.3, -0.25) is 14.5 Å². The van der Waals surface area contributed by atoms with E-state index in [0.717, 1.165) is 83.0 Å². The number of hydrogen-bond acceptors (Lipinski definition) is 6. The summed E-state index contributed by atoms with van der Waals surface area (Å²) in [6.45, 7) is 2.46. The molecule has 53 heavy (non-hydrogen) atoms. The lowest BCUT2D eigenvalue weighted by Crippen LogP contribution is -2.43. The van der Waals surface area contributed by atoms with Crippen LogP contribution in [0.4, 0.5) is 4.79 Å². The van der Waals surface area contributed by atoms with Crippen molar-refractivity contribution >= 4 is 17.9 Å². The van der Waals surface area contributed by atoms with Crippen LogP contribution in [0.1, 0.15) is 67.4 Å². The molecule has 0 aliphatic carbocycles. The normalized spacial score (nSPS) is 20.5. The zero-order valence-corrected chi connectivity index (χ0v) is 29.6. The number of nitrogens with zero attached hydrogens (tertiary/aromatic N) is 5. The number of rotatable bonds is 9. The molecule has 5 aromatic rings. The van der Waals surface area contributed by atoms with Gasteiger partial charge in [-0.2, -0.15) is 0 Å². The van der Waals surface area contributed by atoms with Crippen LogP contribution in [-0.4, -0.2) is 91.0 Å². The summed E-state index contributed by atoms with van der Waals surface area (Å²) in [4.78, 5) is 60.1. The Kier molecular flexibility index (Phi) is 9.53. The Bertz CT molecular complexity index is 2070. The minimum Gasteiger partial charge on any atom is -0.465 e. The largest absolute Gasteiger partial charge is 0.465 e. The van der Waals surface area contributed by atoms with Crippen LogP contribution < -0.4 is 0 Å². The summed E-state index contributed by atoms with van der Waals surface area (Å²) in [7, 11) is 1.43. The Morgan fingerprint density at radius 1 is 0.755 bits per heavy atom. The van der Waals surface area contributed by atoms with Crippen molar-refractivity contribution in [2.75, 3.05) is 33.4 Å². The number of carbonyl (C=O) groups excluding carboxylic acids is 2. The van der Waals surface area contributed by atoms with Gasteiger partial charge in [0.2, 0.25) is 5.91 Å². The first-order chi connectivity index (χ1) is 25.9. The van der Waals surface area contributed by atoms with Gasteiger partial charge in [0.25, 0.3) is 5.91 Å². The van der Waals surface area contributed by atoms with Crippen LogP contribution in [0.2, 0.25) is 0 Å². The molecule has 3 amide bonds. The Labute approximate surface area is 307 Å². The van der Waals surface area contributed by atoms with E-state index in [9.17, 15) is 19.5 Å². The van der Waals surface area contributed by atoms with E-state index in [0.29, 0.717) is 31.1 Å². The first-order valence-electron chi connectivity index (χ1n) is 18.4. The Balaban J connectivity index is 0.936. The van der Waals surface area contributed by atoms with Crippen molar-refractivity contribution in [3.05, 3.63) is 108 Å². The molecule has 3 saturated heterocycles. The minimum absolute atomic E-state index is 0.0296. The van der Waals surface area contributed by atoms with Gasteiger partial charge < -0.3 is 29.6 Å². The molecule has 4 atom stereocenters. The molecule has 0 bridgehead atoms. The average molecular weight is 714 g/mol. The van der Waals surface area contributed by atoms with Gasteiger partial charge in [0.15, 0.2) is 0 Å². The fourth-order valence-corrected chi connectivity index (χ4v) is 8.02. The molecule has 2 aromatic heterocycles. The van der Waals surface area contributed by atoms with Crippen molar-refractivity contribution in [1.29, 1.82) is 0 Å². The topological polar surface area (TPSA) is 148 Å². The highest BCUT2D eigenvalue weighted by molar-refractivity contribution is 5.87. The van der Waals surface area contributed by atoms with E-state index in [2.05, 4.69) is 63.5 Å². The van der Waals surface area contributed by atoms with Crippen LogP contribution in [-0.2, 0) is 14.3 Å². The highest BCUT2D eigenvalue weighted by Gasteiger charge is 2.39. The monoisotopic (exact) mass is 713 g/mol. The van der Waals surface area contributed by atoms with Gasteiger partial charge >= 0.3 is 6.09 Å². The molecule has 12 nitrogen and oxygen atoms in total. The SMILES string of the molecule is CN(C(=O)O)[C@@H](C(=O)N1CCC[C@H]1c1ncc(-c2ccc(-c3ccc(-c4cnc([C@@H]5CCCN5C(=O)C5CCOC5)[nH]4)cc3)cc2)[nH]1)c1ccccc1. The number of amides is 3. The lowest BCUT2D eigenvalue weighted by atomic mass is 10.0. The number of nitrogens with one attached hydrogen (secondary N) is 2.